The van der Waals surface area contributed by atoms with Gasteiger partial charge >= 0.3 is 0 Å². The molecule has 180 valence electrons. The van der Waals surface area contributed by atoms with Gasteiger partial charge in [-0.2, -0.15) is 5.10 Å². The van der Waals surface area contributed by atoms with Crippen LogP contribution in [0.15, 0.2) is 60.9 Å². The van der Waals surface area contributed by atoms with Gasteiger partial charge in [-0.1, -0.05) is 0 Å². The Balaban J connectivity index is 1.29. The van der Waals surface area contributed by atoms with Crippen LogP contribution in [0.5, 0.6) is 0 Å². The Labute approximate surface area is 200 Å². The van der Waals surface area contributed by atoms with Crippen molar-refractivity contribution in [3.05, 3.63) is 78.1 Å². The van der Waals surface area contributed by atoms with E-state index in [0.717, 1.165) is 49.8 Å². The molecule has 1 amide bonds. The lowest BCUT2D eigenvalue weighted by atomic mass is 10.2. The Hall–Kier alpha value is -3.89. The van der Waals surface area contributed by atoms with E-state index in [2.05, 4.69) is 25.6 Å². The van der Waals surface area contributed by atoms with E-state index in [1.165, 1.54) is 12.1 Å². The van der Waals surface area contributed by atoms with E-state index in [4.69, 9.17) is 4.74 Å². The molecule has 2 N–H and O–H groups in total. The minimum Gasteiger partial charge on any atom is -0.379 e. The van der Waals surface area contributed by atoms with Gasteiger partial charge in [0.25, 0.3) is 5.91 Å². The first-order valence-electron chi connectivity index (χ1n) is 11.3. The Morgan fingerprint density at radius 1 is 1.00 bits per heavy atom. The van der Waals surface area contributed by atoms with Gasteiger partial charge in [0.1, 0.15) is 11.6 Å². The van der Waals surface area contributed by atoms with Gasteiger partial charge in [-0.3, -0.25) is 9.69 Å². The fourth-order valence-corrected chi connectivity index (χ4v) is 4.02. The molecule has 10 heteroatoms. The van der Waals surface area contributed by atoms with Crippen LogP contribution in [0.2, 0.25) is 0 Å². The molecule has 4 aromatic rings. The maximum absolute atomic E-state index is 13.5. The first-order chi connectivity index (χ1) is 17.0. The molecule has 0 unspecified atom stereocenters. The van der Waals surface area contributed by atoms with Gasteiger partial charge in [0.2, 0.25) is 0 Å². The largest absolute Gasteiger partial charge is 0.379 e. The van der Waals surface area contributed by atoms with Crippen molar-refractivity contribution in [3.63, 3.8) is 0 Å². The van der Waals surface area contributed by atoms with Crippen molar-refractivity contribution in [1.29, 1.82) is 0 Å². The number of anilines is 2. The highest BCUT2D eigenvalue weighted by molar-refractivity contribution is 5.94. The minimum absolute atomic E-state index is 0.174. The molecule has 0 aliphatic carbocycles. The van der Waals surface area contributed by atoms with Crippen molar-refractivity contribution in [2.24, 2.45) is 0 Å². The number of carbonyl (C=O) groups is 1. The zero-order chi connectivity index (χ0) is 24.2. The van der Waals surface area contributed by atoms with Crippen molar-refractivity contribution in [2.45, 2.75) is 0 Å². The highest BCUT2D eigenvalue weighted by atomic mass is 19.1. The van der Waals surface area contributed by atoms with Crippen LogP contribution >= 0.6 is 0 Å². The van der Waals surface area contributed by atoms with E-state index in [0.29, 0.717) is 29.3 Å². The normalized spacial score (nSPS) is 14.2. The van der Waals surface area contributed by atoms with Gasteiger partial charge in [-0.15, -0.1) is 0 Å². The van der Waals surface area contributed by atoms with Gasteiger partial charge in [-0.05, 0) is 42.5 Å². The van der Waals surface area contributed by atoms with Crippen LogP contribution in [0, 0.1) is 11.6 Å². The average Bonchev–Trinajstić information content (AvgIpc) is 3.27. The van der Waals surface area contributed by atoms with Gasteiger partial charge in [-0.25, -0.2) is 18.4 Å². The summed E-state index contributed by atoms with van der Waals surface area (Å²) in [5, 5.41) is 11.2. The van der Waals surface area contributed by atoms with Crippen molar-refractivity contribution in [1.82, 2.24) is 25.0 Å². The average molecular weight is 479 g/mol. The van der Waals surface area contributed by atoms with E-state index in [1.54, 1.807) is 35.3 Å². The first-order valence-corrected chi connectivity index (χ1v) is 11.3. The van der Waals surface area contributed by atoms with Gasteiger partial charge in [0.05, 0.1) is 24.9 Å². The van der Waals surface area contributed by atoms with Gasteiger partial charge < -0.3 is 15.4 Å². The maximum atomic E-state index is 13.5. The summed E-state index contributed by atoms with van der Waals surface area (Å²) in [7, 11) is 0. The molecule has 5 rings (SSSR count). The molecule has 0 bridgehead atoms. The van der Waals surface area contributed by atoms with E-state index < -0.39 is 11.6 Å². The summed E-state index contributed by atoms with van der Waals surface area (Å²) < 4.78 is 34.0. The quantitative estimate of drug-likeness (QED) is 0.423. The summed E-state index contributed by atoms with van der Waals surface area (Å²) in [4.78, 5) is 19.3. The number of carbonyl (C=O) groups excluding carboxylic acids is 1. The highest BCUT2D eigenvalue weighted by Gasteiger charge is 2.13. The van der Waals surface area contributed by atoms with Crippen LogP contribution in [0.3, 0.4) is 0 Å². The number of hydrogen-bond acceptors (Lipinski definition) is 6. The molecule has 0 saturated carbocycles. The molecule has 1 aliphatic heterocycles. The van der Waals surface area contributed by atoms with Crippen LogP contribution in [-0.2, 0) is 4.74 Å². The third-order valence-electron chi connectivity index (χ3n) is 5.76. The Kier molecular flexibility index (Phi) is 6.64. The third kappa shape index (κ3) is 5.44. The number of halogens is 2. The smallest absolute Gasteiger partial charge is 0.251 e. The standard InChI is InChI=1S/C25H24F2N6O2/c26-19-13-20(27)15-22(14-19)31-21-1-2-23-18(11-21)16-30-33(23)24-12-17(3-4-28-24)25(34)29-5-6-32-7-9-35-10-8-32/h1-4,11-16,31H,5-10H2,(H,29,34). The van der Waals surface area contributed by atoms with E-state index in [1.807, 2.05) is 12.1 Å². The predicted molar refractivity (Wildman–Crippen MR) is 128 cm³/mol. The van der Waals surface area contributed by atoms with Gasteiger partial charge in [0.15, 0.2) is 5.82 Å². The van der Waals surface area contributed by atoms with Crippen LogP contribution in [0.4, 0.5) is 20.2 Å². The molecule has 2 aromatic carbocycles. The zero-order valence-corrected chi connectivity index (χ0v) is 18.9. The summed E-state index contributed by atoms with van der Waals surface area (Å²) in [6.45, 7) is 4.51. The lowest BCUT2D eigenvalue weighted by Crippen LogP contribution is -2.41. The predicted octanol–water partition coefficient (Wildman–Crippen LogP) is 3.50. The molecule has 1 saturated heterocycles. The molecular weight excluding hydrogens is 454 g/mol. The molecule has 0 spiro atoms. The number of aromatic nitrogens is 3. The fraction of sp³-hybridized carbons (Fsp3) is 0.240. The molecule has 0 atom stereocenters. The van der Waals surface area contributed by atoms with Crippen molar-refractivity contribution < 1.29 is 18.3 Å². The lowest BCUT2D eigenvalue weighted by molar-refractivity contribution is 0.0383. The topological polar surface area (TPSA) is 84.3 Å². The number of nitrogens with zero attached hydrogens (tertiary/aromatic N) is 4. The lowest BCUT2D eigenvalue weighted by Gasteiger charge is -2.26. The highest BCUT2D eigenvalue weighted by Crippen LogP contribution is 2.25. The summed E-state index contributed by atoms with van der Waals surface area (Å²) in [5.74, 6) is -0.976. The molecule has 1 fully saturated rings. The van der Waals surface area contributed by atoms with Crippen LogP contribution in [0.25, 0.3) is 16.7 Å². The number of fused-ring (bicyclic) bond motifs is 1. The number of nitrogens with one attached hydrogen (secondary N) is 2. The SMILES string of the molecule is O=C(NCCN1CCOCC1)c1ccnc(-n2ncc3cc(Nc4cc(F)cc(F)c4)ccc32)c1. The molecule has 2 aromatic heterocycles. The van der Waals surface area contributed by atoms with Gasteiger partial charge in [0, 0.05) is 60.8 Å². The molecule has 0 radical (unpaired) electrons. The molecule has 8 nitrogen and oxygen atoms in total. The Morgan fingerprint density at radius 2 is 1.80 bits per heavy atom. The number of rotatable bonds is 7. The molecular formula is C25H24F2N6O2. The Morgan fingerprint density at radius 3 is 2.60 bits per heavy atom. The number of ether oxygens (including phenoxy) is 1. The summed E-state index contributed by atoms with van der Waals surface area (Å²) in [6.07, 6.45) is 3.25. The number of pyridine rings is 1. The second-order valence-electron chi connectivity index (χ2n) is 8.23. The molecule has 3 heterocycles. The number of amides is 1. The number of morpholine rings is 1. The zero-order valence-electron chi connectivity index (χ0n) is 18.9. The van der Waals surface area contributed by atoms with Crippen LogP contribution in [0.1, 0.15) is 10.4 Å². The van der Waals surface area contributed by atoms with Crippen molar-refractivity contribution >= 4 is 28.2 Å². The maximum Gasteiger partial charge on any atom is 0.251 e. The Bertz CT molecular complexity index is 1330. The second kappa shape index (κ2) is 10.2. The van der Waals surface area contributed by atoms with E-state index >= 15 is 0 Å². The van der Waals surface area contributed by atoms with E-state index in [9.17, 15) is 13.6 Å². The molecule has 35 heavy (non-hydrogen) atoms. The number of hydrogen-bond donors (Lipinski definition) is 2. The molecule has 1 aliphatic rings. The van der Waals surface area contributed by atoms with Crippen LogP contribution in [-0.4, -0.2) is 65.0 Å². The van der Waals surface area contributed by atoms with Crippen molar-refractivity contribution in [3.8, 4) is 5.82 Å². The van der Waals surface area contributed by atoms with Crippen molar-refractivity contribution in [2.75, 3.05) is 44.7 Å². The number of benzene rings is 2. The summed E-state index contributed by atoms with van der Waals surface area (Å²) in [6, 6.07) is 12.1. The monoisotopic (exact) mass is 478 g/mol. The van der Waals surface area contributed by atoms with Crippen LogP contribution < -0.4 is 10.6 Å². The second-order valence-corrected chi connectivity index (χ2v) is 8.23. The third-order valence-corrected chi connectivity index (χ3v) is 5.76. The van der Waals surface area contributed by atoms with E-state index in [-0.39, 0.29) is 5.91 Å². The first kappa shape index (κ1) is 22.9. The fourth-order valence-electron chi connectivity index (χ4n) is 4.02. The summed E-state index contributed by atoms with van der Waals surface area (Å²) >= 11 is 0. The summed E-state index contributed by atoms with van der Waals surface area (Å²) in [5.41, 5.74) is 2.23. The minimum atomic E-state index is -0.655.